The average molecular weight is 1440 g/mol. The van der Waals surface area contributed by atoms with Crippen molar-refractivity contribution in [2.75, 3.05) is 39.6 Å². The first-order chi connectivity index (χ1) is 47.5. The van der Waals surface area contributed by atoms with E-state index in [1.54, 1.807) is 0 Å². The molecule has 5 atom stereocenters. The van der Waals surface area contributed by atoms with E-state index < -0.39 is 97.5 Å². The molecule has 0 aromatic carbocycles. The SMILES string of the molecule is CCCCCCCCCCCCCCCCCCCC(=O)OC[C@H](COP(=O)(O)OC[C@@H](O)COP(=O)(O)OC[C@@H](COC(=O)CCCCCCCCCC(C)C)OC(=O)CCCCCCCCCCCCCCCC)OC(=O)CCCCCCCCCCCCCCCCCCC. The van der Waals surface area contributed by atoms with Gasteiger partial charge in [0.1, 0.15) is 19.3 Å². The van der Waals surface area contributed by atoms with E-state index in [9.17, 15) is 43.2 Å². The molecule has 0 rings (SSSR count). The molecule has 0 amide bonds. The molecule has 0 fully saturated rings. The lowest BCUT2D eigenvalue weighted by molar-refractivity contribution is -0.161. The number of unbranched alkanes of at least 4 members (excludes halogenated alkanes) is 51. The van der Waals surface area contributed by atoms with Crippen molar-refractivity contribution >= 4 is 39.5 Å². The Morgan fingerprint density at radius 2 is 0.469 bits per heavy atom. The normalized spacial score (nSPS) is 13.9. The molecule has 582 valence electrons. The molecular formula is C79H154O17P2. The lowest BCUT2D eigenvalue weighted by Crippen LogP contribution is -2.30. The third kappa shape index (κ3) is 72.4. The van der Waals surface area contributed by atoms with Crippen molar-refractivity contribution in [3.8, 4) is 0 Å². The number of hydrogen-bond acceptors (Lipinski definition) is 15. The molecule has 0 saturated carbocycles. The summed E-state index contributed by atoms with van der Waals surface area (Å²) in [6.45, 7) is 7.27. The van der Waals surface area contributed by atoms with Crippen molar-refractivity contribution in [3.05, 3.63) is 0 Å². The number of ether oxygens (including phenoxy) is 4. The van der Waals surface area contributed by atoms with Gasteiger partial charge < -0.3 is 33.8 Å². The fraction of sp³-hybridized carbons (Fsp3) is 0.949. The van der Waals surface area contributed by atoms with Gasteiger partial charge in [0.2, 0.25) is 0 Å². The van der Waals surface area contributed by atoms with Crippen LogP contribution < -0.4 is 0 Å². The van der Waals surface area contributed by atoms with Gasteiger partial charge in [0.15, 0.2) is 12.2 Å². The number of phosphoric acid groups is 2. The van der Waals surface area contributed by atoms with E-state index in [0.717, 1.165) is 96.3 Å². The minimum absolute atomic E-state index is 0.108. The molecule has 17 nitrogen and oxygen atoms in total. The molecule has 0 aliphatic carbocycles. The van der Waals surface area contributed by atoms with Crippen LogP contribution >= 0.6 is 15.6 Å². The maximum absolute atomic E-state index is 13.1. The molecule has 0 radical (unpaired) electrons. The minimum Gasteiger partial charge on any atom is -0.462 e. The summed E-state index contributed by atoms with van der Waals surface area (Å²) in [7, 11) is -9.91. The Hall–Kier alpha value is -1.94. The van der Waals surface area contributed by atoms with Crippen LogP contribution in [0.15, 0.2) is 0 Å². The van der Waals surface area contributed by atoms with E-state index >= 15 is 0 Å². The zero-order valence-corrected chi connectivity index (χ0v) is 65.7. The Labute approximate surface area is 600 Å². The van der Waals surface area contributed by atoms with Gasteiger partial charge in [-0.05, 0) is 31.6 Å². The van der Waals surface area contributed by atoms with Crippen LogP contribution in [-0.2, 0) is 65.4 Å². The predicted molar refractivity (Wildman–Crippen MR) is 400 cm³/mol. The Balaban J connectivity index is 5.24. The third-order valence-electron chi connectivity index (χ3n) is 18.5. The summed E-state index contributed by atoms with van der Waals surface area (Å²) in [4.78, 5) is 72.9. The predicted octanol–water partition coefficient (Wildman–Crippen LogP) is 23.6. The van der Waals surface area contributed by atoms with E-state index in [1.807, 2.05) is 0 Å². The molecule has 98 heavy (non-hydrogen) atoms. The Bertz CT molecular complexity index is 1870. The first kappa shape index (κ1) is 96.1. The molecule has 0 spiro atoms. The molecule has 19 heteroatoms. The third-order valence-corrected chi connectivity index (χ3v) is 20.4. The van der Waals surface area contributed by atoms with Crippen LogP contribution in [0.1, 0.15) is 420 Å². The highest BCUT2D eigenvalue weighted by molar-refractivity contribution is 7.47. The number of phosphoric ester groups is 2. The highest BCUT2D eigenvalue weighted by atomic mass is 31.2. The van der Waals surface area contributed by atoms with Crippen molar-refractivity contribution in [1.29, 1.82) is 0 Å². The molecule has 3 N–H and O–H groups in total. The highest BCUT2D eigenvalue weighted by Gasteiger charge is 2.30. The molecular weight excluding hydrogens is 1280 g/mol. The summed E-state index contributed by atoms with van der Waals surface area (Å²) < 4.78 is 68.6. The fourth-order valence-corrected chi connectivity index (χ4v) is 13.8. The monoisotopic (exact) mass is 1440 g/mol. The van der Waals surface area contributed by atoms with Crippen LogP contribution in [0.25, 0.3) is 0 Å². The van der Waals surface area contributed by atoms with Crippen molar-refractivity contribution in [3.63, 3.8) is 0 Å². The molecule has 0 saturated heterocycles. The van der Waals surface area contributed by atoms with Crippen molar-refractivity contribution < 1.29 is 80.2 Å². The van der Waals surface area contributed by atoms with E-state index in [1.165, 1.54) is 238 Å². The standard InChI is InChI=1S/C79H154O17P2/c1-6-9-12-15-18-21-24-27-30-32-34-37-39-42-47-52-57-62-76(81)89-68-74(95-78(83)65-60-55-49-44-41-38-35-33-31-28-25-22-19-16-13-10-7-2)70-93-97(85,86)91-66-73(80)67-92-98(87,88)94-71-75(69-90-77(82)63-58-53-50-45-46-51-56-61-72(4)5)96-79(84)64-59-54-48-43-40-36-29-26-23-20-17-14-11-8-3/h72-75,80H,6-71H2,1-5H3,(H,85,86)(H,87,88)/t73-,74-,75-/m1/s1. The topological polar surface area (TPSA) is 237 Å². The molecule has 0 aromatic rings. The minimum atomic E-state index is -4.96. The van der Waals surface area contributed by atoms with E-state index in [4.69, 9.17) is 37.0 Å². The number of hydrogen-bond donors (Lipinski definition) is 3. The second-order valence-corrected chi connectivity index (χ2v) is 31.8. The summed E-state index contributed by atoms with van der Waals surface area (Å²) in [6.07, 6.45) is 62.4. The summed E-state index contributed by atoms with van der Waals surface area (Å²) in [5.74, 6) is -1.40. The quantitative estimate of drug-likeness (QED) is 0.0222. The number of aliphatic hydroxyl groups is 1. The summed E-state index contributed by atoms with van der Waals surface area (Å²) in [5.41, 5.74) is 0. The maximum atomic E-state index is 13.1. The van der Waals surface area contributed by atoms with Gasteiger partial charge in [-0.3, -0.25) is 37.3 Å². The number of aliphatic hydroxyl groups excluding tert-OH is 1. The summed E-state index contributed by atoms with van der Waals surface area (Å²) in [5, 5.41) is 10.6. The average Bonchev–Trinajstić information content (AvgIpc) is 1.16. The molecule has 0 heterocycles. The number of rotatable bonds is 79. The van der Waals surface area contributed by atoms with Crippen LogP contribution in [-0.4, -0.2) is 96.7 Å². The first-order valence-corrected chi connectivity index (χ1v) is 44.1. The second-order valence-electron chi connectivity index (χ2n) is 28.9. The number of esters is 4. The number of carbonyl (C=O) groups is 4. The largest absolute Gasteiger partial charge is 0.472 e. The Kier molecular flexibility index (Phi) is 70.6. The van der Waals surface area contributed by atoms with Crippen LogP contribution in [0.3, 0.4) is 0 Å². The Morgan fingerprint density at radius 3 is 0.694 bits per heavy atom. The molecule has 0 aliphatic heterocycles. The lowest BCUT2D eigenvalue weighted by Gasteiger charge is -2.21. The fourth-order valence-electron chi connectivity index (χ4n) is 12.2. The smallest absolute Gasteiger partial charge is 0.462 e. The first-order valence-electron chi connectivity index (χ1n) is 41.1. The van der Waals surface area contributed by atoms with Crippen LogP contribution in [0.2, 0.25) is 0 Å². The molecule has 0 aromatic heterocycles. The second kappa shape index (κ2) is 72.0. The van der Waals surface area contributed by atoms with Crippen LogP contribution in [0, 0.1) is 5.92 Å². The van der Waals surface area contributed by atoms with E-state index in [-0.39, 0.29) is 25.7 Å². The van der Waals surface area contributed by atoms with Crippen LogP contribution in [0.4, 0.5) is 0 Å². The highest BCUT2D eigenvalue weighted by Crippen LogP contribution is 2.45. The van der Waals surface area contributed by atoms with Gasteiger partial charge in [-0.15, -0.1) is 0 Å². The van der Waals surface area contributed by atoms with Gasteiger partial charge in [-0.1, -0.05) is 369 Å². The van der Waals surface area contributed by atoms with Crippen molar-refractivity contribution in [1.82, 2.24) is 0 Å². The molecule has 2 unspecified atom stereocenters. The van der Waals surface area contributed by atoms with Gasteiger partial charge in [0.05, 0.1) is 26.4 Å². The van der Waals surface area contributed by atoms with Crippen molar-refractivity contribution in [2.45, 2.75) is 438 Å². The van der Waals surface area contributed by atoms with Gasteiger partial charge in [0, 0.05) is 25.7 Å². The number of carbonyl (C=O) groups excluding carboxylic acids is 4. The maximum Gasteiger partial charge on any atom is 0.472 e. The Morgan fingerprint density at radius 1 is 0.276 bits per heavy atom. The molecule has 0 bridgehead atoms. The van der Waals surface area contributed by atoms with Gasteiger partial charge in [0.25, 0.3) is 0 Å². The zero-order valence-electron chi connectivity index (χ0n) is 63.9. The summed E-state index contributed by atoms with van der Waals surface area (Å²) in [6, 6.07) is 0. The van der Waals surface area contributed by atoms with E-state index in [0.29, 0.717) is 31.6 Å². The van der Waals surface area contributed by atoms with Crippen LogP contribution in [0.5, 0.6) is 0 Å². The van der Waals surface area contributed by atoms with Crippen molar-refractivity contribution in [2.24, 2.45) is 5.92 Å². The van der Waals surface area contributed by atoms with E-state index in [2.05, 4.69) is 34.6 Å². The zero-order chi connectivity index (χ0) is 71.9. The van der Waals surface area contributed by atoms with Gasteiger partial charge in [-0.2, -0.15) is 0 Å². The molecule has 0 aliphatic rings. The van der Waals surface area contributed by atoms with Gasteiger partial charge >= 0.3 is 39.5 Å². The summed E-state index contributed by atoms with van der Waals surface area (Å²) >= 11 is 0. The van der Waals surface area contributed by atoms with Gasteiger partial charge in [-0.25, -0.2) is 9.13 Å². The lowest BCUT2D eigenvalue weighted by atomic mass is 10.0.